The van der Waals surface area contributed by atoms with Gasteiger partial charge in [0.1, 0.15) is 0 Å². The second-order valence-electron chi connectivity index (χ2n) is 5.28. The third-order valence-corrected chi connectivity index (χ3v) is 3.87. The van der Waals surface area contributed by atoms with Gasteiger partial charge in [-0.05, 0) is 42.7 Å². The van der Waals surface area contributed by atoms with Gasteiger partial charge < -0.3 is 5.11 Å². The van der Waals surface area contributed by atoms with E-state index in [1.54, 1.807) is 0 Å². The summed E-state index contributed by atoms with van der Waals surface area (Å²) < 4.78 is 0. The van der Waals surface area contributed by atoms with E-state index in [1.165, 1.54) is 12.0 Å². The quantitative estimate of drug-likeness (QED) is 0.803. The number of rotatable bonds is 2. The largest absolute Gasteiger partial charge is 0.385 e. The minimum absolute atomic E-state index is 0.566. The van der Waals surface area contributed by atoms with Crippen molar-refractivity contribution >= 4 is 0 Å². The Morgan fingerprint density at radius 1 is 1.31 bits per heavy atom. The zero-order valence-electron chi connectivity index (χ0n) is 10.4. The first-order valence-electron chi connectivity index (χ1n) is 6.46. The van der Waals surface area contributed by atoms with E-state index in [9.17, 15) is 5.11 Å². The molecule has 16 heavy (non-hydrogen) atoms. The summed E-state index contributed by atoms with van der Waals surface area (Å²) in [5.74, 6) is 0.643. The maximum atomic E-state index is 10.7. The molecule has 1 aliphatic rings. The van der Waals surface area contributed by atoms with Crippen molar-refractivity contribution in [2.24, 2.45) is 5.92 Å². The Morgan fingerprint density at radius 2 is 2.00 bits per heavy atom. The van der Waals surface area contributed by atoms with Gasteiger partial charge >= 0.3 is 0 Å². The highest BCUT2D eigenvalue weighted by molar-refractivity contribution is 5.27. The molecule has 1 saturated carbocycles. The van der Waals surface area contributed by atoms with Crippen molar-refractivity contribution in [2.45, 2.75) is 51.6 Å². The lowest BCUT2D eigenvalue weighted by molar-refractivity contribution is -0.0178. The van der Waals surface area contributed by atoms with Crippen molar-refractivity contribution in [2.75, 3.05) is 0 Å². The van der Waals surface area contributed by atoms with Gasteiger partial charge in [-0.2, -0.15) is 0 Å². The second-order valence-corrected chi connectivity index (χ2v) is 5.28. The van der Waals surface area contributed by atoms with Crippen molar-refractivity contribution in [3.63, 3.8) is 0 Å². The average molecular weight is 218 g/mol. The van der Waals surface area contributed by atoms with E-state index in [2.05, 4.69) is 38.1 Å². The standard InChI is InChI=1S/C15H22O/c1-3-13-6-8-14(9-7-13)15(16)10-4-5-12(2)11-15/h6-9,12,16H,3-5,10-11H2,1-2H3/t12-,15+/m0/s1. The van der Waals surface area contributed by atoms with Gasteiger partial charge in [-0.1, -0.05) is 44.5 Å². The molecule has 1 nitrogen and oxygen atoms in total. The van der Waals surface area contributed by atoms with Crippen LogP contribution in [0.2, 0.25) is 0 Å². The highest BCUT2D eigenvalue weighted by atomic mass is 16.3. The molecule has 0 spiro atoms. The molecule has 1 N–H and O–H groups in total. The molecule has 1 aromatic rings. The first-order valence-corrected chi connectivity index (χ1v) is 6.46. The SMILES string of the molecule is CCc1ccc([C@@]2(O)CCC[C@H](C)C2)cc1. The van der Waals surface area contributed by atoms with E-state index >= 15 is 0 Å². The van der Waals surface area contributed by atoms with E-state index < -0.39 is 5.60 Å². The number of hydrogen-bond donors (Lipinski definition) is 1. The highest BCUT2D eigenvalue weighted by Gasteiger charge is 2.33. The van der Waals surface area contributed by atoms with Crippen LogP contribution in [-0.2, 0) is 12.0 Å². The van der Waals surface area contributed by atoms with Crippen LogP contribution in [0.1, 0.15) is 50.7 Å². The number of hydrogen-bond acceptors (Lipinski definition) is 1. The minimum atomic E-state index is -0.566. The normalized spacial score (nSPS) is 30.3. The summed E-state index contributed by atoms with van der Waals surface area (Å²) >= 11 is 0. The van der Waals surface area contributed by atoms with Crippen LogP contribution in [0.4, 0.5) is 0 Å². The van der Waals surface area contributed by atoms with Crippen LogP contribution in [0.15, 0.2) is 24.3 Å². The fourth-order valence-electron chi connectivity index (χ4n) is 2.84. The molecule has 2 atom stereocenters. The van der Waals surface area contributed by atoms with Gasteiger partial charge in [-0.3, -0.25) is 0 Å². The maximum Gasteiger partial charge on any atom is 0.0899 e. The molecule has 0 bridgehead atoms. The van der Waals surface area contributed by atoms with Crippen molar-refractivity contribution in [1.82, 2.24) is 0 Å². The minimum Gasteiger partial charge on any atom is -0.385 e. The Hall–Kier alpha value is -0.820. The summed E-state index contributed by atoms with van der Waals surface area (Å²) in [5.41, 5.74) is 1.89. The van der Waals surface area contributed by atoms with Gasteiger partial charge in [0.15, 0.2) is 0 Å². The summed E-state index contributed by atoms with van der Waals surface area (Å²) in [5, 5.41) is 10.7. The lowest BCUT2D eigenvalue weighted by Gasteiger charge is -2.36. The van der Waals surface area contributed by atoms with E-state index in [0.29, 0.717) is 5.92 Å². The molecule has 0 heterocycles. The second kappa shape index (κ2) is 4.58. The van der Waals surface area contributed by atoms with Crippen LogP contribution >= 0.6 is 0 Å². The monoisotopic (exact) mass is 218 g/mol. The highest BCUT2D eigenvalue weighted by Crippen LogP contribution is 2.39. The van der Waals surface area contributed by atoms with Crippen molar-refractivity contribution in [3.8, 4) is 0 Å². The van der Waals surface area contributed by atoms with E-state index in [0.717, 1.165) is 31.2 Å². The summed E-state index contributed by atoms with van der Waals surface area (Å²) in [6.45, 7) is 4.40. The first-order chi connectivity index (χ1) is 7.64. The number of benzene rings is 1. The van der Waals surface area contributed by atoms with Crippen molar-refractivity contribution in [1.29, 1.82) is 0 Å². The molecule has 2 rings (SSSR count). The molecule has 1 aromatic carbocycles. The maximum absolute atomic E-state index is 10.7. The molecular formula is C15H22O. The van der Waals surface area contributed by atoms with Gasteiger partial charge in [0.25, 0.3) is 0 Å². The summed E-state index contributed by atoms with van der Waals surface area (Å²) in [6.07, 6.45) is 5.30. The third kappa shape index (κ3) is 2.30. The van der Waals surface area contributed by atoms with Crippen molar-refractivity contribution < 1.29 is 5.11 Å². The molecule has 0 unspecified atom stereocenters. The lowest BCUT2D eigenvalue weighted by atomic mass is 9.75. The Balaban J connectivity index is 2.20. The zero-order chi connectivity index (χ0) is 11.6. The first kappa shape index (κ1) is 11.7. The van der Waals surface area contributed by atoms with E-state index in [-0.39, 0.29) is 0 Å². The van der Waals surface area contributed by atoms with Crippen LogP contribution in [0, 0.1) is 5.92 Å². The number of aliphatic hydroxyl groups is 1. The smallest absolute Gasteiger partial charge is 0.0899 e. The molecule has 0 amide bonds. The Labute approximate surface area is 98.5 Å². The van der Waals surface area contributed by atoms with Gasteiger partial charge in [0.2, 0.25) is 0 Å². The van der Waals surface area contributed by atoms with Crippen molar-refractivity contribution in [3.05, 3.63) is 35.4 Å². The van der Waals surface area contributed by atoms with Gasteiger partial charge in [0.05, 0.1) is 5.60 Å². The molecule has 0 saturated heterocycles. The molecule has 0 aliphatic heterocycles. The third-order valence-electron chi connectivity index (χ3n) is 3.87. The van der Waals surface area contributed by atoms with Crippen LogP contribution in [-0.4, -0.2) is 5.11 Å². The number of aryl methyl sites for hydroxylation is 1. The lowest BCUT2D eigenvalue weighted by Crippen LogP contribution is -2.31. The molecule has 1 aliphatic carbocycles. The summed E-state index contributed by atoms with van der Waals surface area (Å²) in [6, 6.07) is 8.51. The molecule has 0 aromatic heterocycles. The Morgan fingerprint density at radius 3 is 2.56 bits per heavy atom. The fourth-order valence-corrected chi connectivity index (χ4v) is 2.84. The van der Waals surface area contributed by atoms with Gasteiger partial charge in [-0.25, -0.2) is 0 Å². The topological polar surface area (TPSA) is 20.2 Å². The molecule has 0 radical (unpaired) electrons. The molecule has 1 heteroatoms. The van der Waals surface area contributed by atoms with Crippen LogP contribution in [0.3, 0.4) is 0 Å². The van der Waals surface area contributed by atoms with Gasteiger partial charge in [0, 0.05) is 0 Å². The van der Waals surface area contributed by atoms with Crippen LogP contribution < -0.4 is 0 Å². The average Bonchev–Trinajstić information content (AvgIpc) is 2.29. The fraction of sp³-hybridized carbons (Fsp3) is 0.600. The predicted molar refractivity (Wildman–Crippen MR) is 67.3 cm³/mol. The van der Waals surface area contributed by atoms with Crippen LogP contribution in [0.25, 0.3) is 0 Å². The summed E-state index contributed by atoms with van der Waals surface area (Å²) in [7, 11) is 0. The zero-order valence-corrected chi connectivity index (χ0v) is 10.4. The molecule has 1 fully saturated rings. The Bertz CT molecular complexity index is 341. The Kier molecular flexibility index (Phi) is 3.34. The van der Waals surface area contributed by atoms with Crippen LogP contribution in [0.5, 0.6) is 0 Å². The summed E-state index contributed by atoms with van der Waals surface area (Å²) in [4.78, 5) is 0. The molecule has 88 valence electrons. The van der Waals surface area contributed by atoms with Gasteiger partial charge in [-0.15, -0.1) is 0 Å². The molecular weight excluding hydrogens is 196 g/mol. The van der Waals surface area contributed by atoms with E-state index in [4.69, 9.17) is 0 Å². The van der Waals surface area contributed by atoms with E-state index in [1.807, 2.05) is 0 Å². The predicted octanol–water partition coefficient (Wildman–Crippen LogP) is 3.65.